The summed E-state index contributed by atoms with van der Waals surface area (Å²) >= 11 is 0. The minimum atomic E-state index is -3.90. The molecule has 148 valence electrons. The first kappa shape index (κ1) is 21.6. The van der Waals surface area contributed by atoms with Gasteiger partial charge in [0.2, 0.25) is 10.0 Å². The zero-order valence-electron chi connectivity index (χ0n) is 15.7. The van der Waals surface area contributed by atoms with Gasteiger partial charge < -0.3 is 19.5 Å². The van der Waals surface area contributed by atoms with E-state index in [0.29, 0.717) is 11.0 Å². The van der Waals surface area contributed by atoms with Crippen molar-refractivity contribution in [2.75, 3.05) is 13.2 Å². The van der Waals surface area contributed by atoms with Crippen LogP contribution in [0.5, 0.6) is 0 Å². The number of hydrogen-bond donors (Lipinski definition) is 3. The first-order chi connectivity index (χ1) is 12.4. The van der Waals surface area contributed by atoms with Gasteiger partial charge >= 0.3 is 13.1 Å². The molecule has 1 aromatic carbocycles. The van der Waals surface area contributed by atoms with Gasteiger partial charge in [-0.25, -0.2) is 8.42 Å². The van der Waals surface area contributed by atoms with Crippen LogP contribution in [0, 0.1) is 0 Å². The maximum Gasteiger partial charge on any atom is 0.492 e. The maximum atomic E-state index is 12.0. The van der Waals surface area contributed by atoms with Gasteiger partial charge in [-0.05, 0) is 50.9 Å². The van der Waals surface area contributed by atoms with Crippen LogP contribution in [0.1, 0.15) is 33.3 Å². The van der Waals surface area contributed by atoms with Gasteiger partial charge in [0.15, 0.2) is 0 Å². The Labute approximate surface area is 159 Å². The Kier molecular flexibility index (Phi) is 6.18. The number of benzene rings is 1. The van der Waals surface area contributed by atoms with Crippen LogP contribution in [0.2, 0.25) is 0 Å². The first-order valence-corrected chi connectivity index (χ1v) is 9.85. The third-order valence-corrected chi connectivity index (χ3v) is 6.11. The second-order valence-corrected chi connectivity index (χ2v) is 9.02. The molecule has 1 heterocycles. The van der Waals surface area contributed by atoms with Gasteiger partial charge in [-0.15, -0.1) is 0 Å². The van der Waals surface area contributed by atoms with Crippen molar-refractivity contribution in [2.24, 2.45) is 0 Å². The van der Waals surface area contributed by atoms with Crippen molar-refractivity contribution in [3.8, 4) is 0 Å². The number of nitrogens with one attached hydrogen (secondary N) is 1. The number of carbonyl (C=O) groups is 1. The van der Waals surface area contributed by atoms with E-state index in [1.165, 1.54) is 12.1 Å². The molecule has 0 aliphatic carbocycles. The molecule has 10 heteroatoms. The predicted molar refractivity (Wildman–Crippen MR) is 100 cm³/mol. The Morgan fingerprint density at radius 3 is 2.11 bits per heavy atom. The number of carboxylic acid groups (broad SMARTS) is 1. The molecule has 2 rings (SSSR count). The van der Waals surface area contributed by atoms with Crippen LogP contribution in [-0.4, -0.2) is 56.1 Å². The average molecular weight is 397 g/mol. The maximum absolute atomic E-state index is 12.0. The zero-order chi connectivity index (χ0) is 20.5. The van der Waals surface area contributed by atoms with Gasteiger partial charge in [-0.2, -0.15) is 4.72 Å². The van der Waals surface area contributed by atoms with Crippen LogP contribution in [0.25, 0.3) is 6.08 Å². The summed E-state index contributed by atoms with van der Waals surface area (Å²) in [6, 6.07) is 5.82. The lowest BCUT2D eigenvalue weighted by atomic mass is 9.77. The molecule has 0 spiro atoms. The van der Waals surface area contributed by atoms with Crippen LogP contribution in [0.15, 0.2) is 34.6 Å². The Morgan fingerprint density at radius 1 is 1.15 bits per heavy atom. The number of carboxylic acids is 1. The molecule has 1 aromatic rings. The van der Waals surface area contributed by atoms with Gasteiger partial charge in [0, 0.05) is 0 Å². The third kappa shape index (κ3) is 4.97. The second-order valence-electron chi connectivity index (χ2n) is 7.25. The minimum absolute atomic E-state index is 0.0536. The lowest BCUT2D eigenvalue weighted by Crippen LogP contribution is -2.41. The molecular weight excluding hydrogens is 373 g/mol. The average Bonchev–Trinajstić information content (AvgIpc) is 2.79. The van der Waals surface area contributed by atoms with Crippen LogP contribution >= 0.6 is 0 Å². The van der Waals surface area contributed by atoms with E-state index < -0.39 is 40.9 Å². The molecular formula is C17H24BNO7S. The second kappa shape index (κ2) is 7.73. The highest BCUT2D eigenvalue weighted by Crippen LogP contribution is 2.38. The molecule has 0 atom stereocenters. The minimum Gasteiger partial charge on any atom is -0.480 e. The topological polar surface area (TPSA) is 122 Å². The van der Waals surface area contributed by atoms with E-state index in [1.807, 2.05) is 32.4 Å². The van der Waals surface area contributed by atoms with Crippen LogP contribution < -0.4 is 4.72 Å². The standard InChI is InChI=1S/C17H24BNO7S/c1-16(2)17(3,4)26-18(25-16)13(11-20)9-12-5-7-14(8-6-12)27(23,24)19-10-15(21)22/h5-9,19-20H,10-11H2,1-4H3,(H,21,22). The summed E-state index contributed by atoms with van der Waals surface area (Å²) in [7, 11) is -4.61. The van der Waals surface area contributed by atoms with Crippen molar-refractivity contribution >= 4 is 29.2 Å². The normalized spacial score (nSPS) is 19.3. The summed E-state index contributed by atoms with van der Waals surface area (Å²) in [5.74, 6) is -1.27. The van der Waals surface area contributed by atoms with Crippen LogP contribution in [-0.2, 0) is 24.1 Å². The molecule has 8 nitrogen and oxygen atoms in total. The van der Waals surface area contributed by atoms with E-state index in [4.69, 9.17) is 14.4 Å². The van der Waals surface area contributed by atoms with E-state index in [9.17, 15) is 18.3 Å². The number of aliphatic hydroxyl groups is 1. The fraction of sp³-hybridized carbons (Fsp3) is 0.471. The predicted octanol–water partition coefficient (Wildman–Crippen LogP) is 1.06. The van der Waals surface area contributed by atoms with Crippen molar-refractivity contribution in [3.63, 3.8) is 0 Å². The summed E-state index contributed by atoms with van der Waals surface area (Å²) in [5.41, 5.74) is 0.0681. The highest BCUT2D eigenvalue weighted by molar-refractivity contribution is 7.89. The molecule has 0 unspecified atom stereocenters. The number of aliphatic carboxylic acids is 1. The lowest BCUT2D eigenvalue weighted by Gasteiger charge is -2.32. The summed E-state index contributed by atoms with van der Waals surface area (Å²) in [6.07, 6.45) is 1.67. The fourth-order valence-electron chi connectivity index (χ4n) is 2.38. The van der Waals surface area contributed by atoms with Gasteiger partial charge in [0.05, 0.1) is 22.7 Å². The summed E-state index contributed by atoms with van der Waals surface area (Å²) in [5, 5.41) is 18.3. The quantitative estimate of drug-likeness (QED) is 0.588. The monoisotopic (exact) mass is 397 g/mol. The molecule has 1 fully saturated rings. The molecule has 0 amide bonds. The Balaban J connectivity index is 2.20. The highest BCUT2D eigenvalue weighted by atomic mass is 32.2. The van der Waals surface area contributed by atoms with Gasteiger partial charge in [0.25, 0.3) is 0 Å². The number of hydrogen-bond acceptors (Lipinski definition) is 6. The summed E-state index contributed by atoms with van der Waals surface area (Å²) < 4.78 is 37.8. The summed E-state index contributed by atoms with van der Waals surface area (Å²) in [4.78, 5) is 10.5. The number of sulfonamides is 1. The number of rotatable bonds is 7. The number of aliphatic hydroxyl groups excluding tert-OH is 1. The van der Waals surface area contributed by atoms with Gasteiger partial charge in [-0.3, -0.25) is 4.79 Å². The van der Waals surface area contributed by atoms with Crippen molar-refractivity contribution in [3.05, 3.63) is 35.3 Å². The molecule has 0 bridgehead atoms. The van der Waals surface area contributed by atoms with Crippen LogP contribution in [0.4, 0.5) is 0 Å². The van der Waals surface area contributed by atoms with Gasteiger partial charge in [-0.1, -0.05) is 18.2 Å². The molecule has 1 saturated heterocycles. The van der Waals surface area contributed by atoms with Crippen molar-refractivity contribution in [1.29, 1.82) is 0 Å². The van der Waals surface area contributed by atoms with E-state index >= 15 is 0 Å². The fourth-order valence-corrected chi connectivity index (χ4v) is 3.35. The highest BCUT2D eigenvalue weighted by Gasteiger charge is 2.52. The van der Waals surface area contributed by atoms with Crippen molar-refractivity contribution < 1.29 is 32.7 Å². The van der Waals surface area contributed by atoms with E-state index in [0.717, 1.165) is 0 Å². The van der Waals surface area contributed by atoms with Crippen LogP contribution in [0.3, 0.4) is 0 Å². The molecule has 3 N–H and O–H groups in total. The molecule has 0 aromatic heterocycles. The Morgan fingerprint density at radius 2 is 1.67 bits per heavy atom. The lowest BCUT2D eigenvalue weighted by molar-refractivity contribution is -0.135. The Bertz CT molecular complexity index is 815. The molecule has 0 radical (unpaired) electrons. The molecule has 1 aliphatic rings. The van der Waals surface area contributed by atoms with Crippen molar-refractivity contribution in [1.82, 2.24) is 4.72 Å². The first-order valence-electron chi connectivity index (χ1n) is 8.36. The molecule has 27 heavy (non-hydrogen) atoms. The smallest absolute Gasteiger partial charge is 0.480 e. The SMILES string of the molecule is CC1(C)OB(C(=Cc2ccc(S(=O)(=O)NCC(=O)O)cc2)CO)OC1(C)C. The molecule has 1 aliphatic heterocycles. The van der Waals surface area contributed by atoms with Crippen molar-refractivity contribution in [2.45, 2.75) is 43.8 Å². The molecule has 0 saturated carbocycles. The van der Waals surface area contributed by atoms with E-state index in [2.05, 4.69) is 0 Å². The Hall–Kier alpha value is -1.72. The largest absolute Gasteiger partial charge is 0.492 e. The van der Waals surface area contributed by atoms with E-state index in [-0.39, 0.29) is 11.5 Å². The summed E-state index contributed by atoms with van der Waals surface area (Å²) in [6.45, 7) is 6.66. The van der Waals surface area contributed by atoms with E-state index in [1.54, 1.807) is 18.2 Å². The zero-order valence-corrected chi connectivity index (χ0v) is 16.5. The third-order valence-electron chi connectivity index (χ3n) is 4.69. The van der Waals surface area contributed by atoms with Gasteiger partial charge in [0.1, 0.15) is 6.54 Å².